The first kappa shape index (κ1) is 12.1. The Kier molecular flexibility index (Phi) is 4.41. The van der Waals surface area contributed by atoms with Crippen LogP contribution >= 0.6 is 0 Å². The minimum atomic E-state index is -0.811. The number of rotatable bonds is 5. The highest BCUT2D eigenvalue weighted by atomic mass is 16.5. The largest absolute Gasteiger partial charge is 0.508 e. The number of nitrogens with two attached hydrogens (primary N) is 1. The van der Waals surface area contributed by atoms with Gasteiger partial charge >= 0.3 is 6.09 Å². The summed E-state index contributed by atoms with van der Waals surface area (Å²) in [7, 11) is 0. The average molecular weight is 226 g/mol. The van der Waals surface area contributed by atoms with Crippen LogP contribution in [0.4, 0.5) is 4.79 Å². The molecule has 0 aromatic heterocycles. The fourth-order valence-corrected chi connectivity index (χ4v) is 1.15. The minimum absolute atomic E-state index is 0.0123. The summed E-state index contributed by atoms with van der Waals surface area (Å²) in [6.45, 7) is 1.02. The molecule has 1 aromatic carbocycles. The van der Waals surface area contributed by atoms with E-state index >= 15 is 0 Å². The van der Waals surface area contributed by atoms with Crippen LogP contribution in [0.15, 0.2) is 18.2 Å². The number of hydrogen-bond donors (Lipinski definition) is 4. The third kappa shape index (κ3) is 4.05. The summed E-state index contributed by atoms with van der Waals surface area (Å²) in [5.41, 5.74) is 5.42. The van der Waals surface area contributed by atoms with Crippen LogP contribution in [-0.4, -0.2) is 29.5 Å². The van der Waals surface area contributed by atoms with Gasteiger partial charge in [0.1, 0.15) is 18.1 Å². The highest BCUT2D eigenvalue weighted by Gasteiger charge is 2.01. The molecule has 0 bridgehead atoms. The monoisotopic (exact) mass is 226 g/mol. The fraction of sp³-hybridized carbons (Fsp3) is 0.300. The Bertz CT molecular complexity index is 368. The maximum absolute atomic E-state index is 10.2. The Morgan fingerprint density at radius 3 is 2.81 bits per heavy atom. The molecule has 0 atom stereocenters. The predicted molar refractivity (Wildman–Crippen MR) is 57.0 cm³/mol. The number of aromatic hydroxyl groups is 2. The van der Waals surface area contributed by atoms with Gasteiger partial charge in [0.05, 0.1) is 0 Å². The topological polar surface area (TPSA) is 105 Å². The Balaban J connectivity index is 2.29. The van der Waals surface area contributed by atoms with Gasteiger partial charge in [-0.3, -0.25) is 0 Å². The Hall–Kier alpha value is -1.95. The van der Waals surface area contributed by atoms with Gasteiger partial charge in [-0.2, -0.15) is 0 Å². The third-order valence-corrected chi connectivity index (χ3v) is 1.91. The van der Waals surface area contributed by atoms with Crippen LogP contribution < -0.4 is 11.1 Å². The molecule has 88 valence electrons. The number of phenolic OH excluding ortho intramolecular Hbond substituents is 2. The zero-order valence-corrected chi connectivity index (χ0v) is 8.64. The second-order valence-corrected chi connectivity index (χ2v) is 3.16. The smallest absolute Gasteiger partial charge is 0.404 e. The van der Waals surface area contributed by atoms with Crippen LogP contribution in [0.3, 0.4) is 0 Å². The number of hydrogen-bond acceptors (Lipinski definition) is 5. The van der Waals surface area contributed by atoms with E-state index in [4.69, 9.17) is 10.8 Å². The number of carbonyl (C=O) groups is 1. The first-order valence-corrected chi connectivity index (χ1v) is 4.73. The Morgan fingerprint density at radius 2 is 2.19 bits per heavy atom. The second kappa shape index (κ2) is 5.82. The van der Waals surface area contributed by atoms with Gasteiger partial charge in [-0.25, -0.2) is 4.79 Å². The zero-order chi connectivity index (χ0) is 12.0. The van der Waals surface area contributed by atoms with Gasteiger partial charge in [-0.15, -0.1) is 0 Å². The van der Waals surface area contributed by atoms with Crippen molar-refractivity contribution in [1.29, 1.82) is 0 Å². The molecular formula is C10H14N2O4. The summed E-state index contributed by atoms with van der Waals surface area (Å²) < 4.78 is 4.50. The van der Waals surface area contributed by atoms with E-state index in [9.17, 15) is 9.90 Å². The van der Waals surface area contributed by atoms with E-state index in [1.54, 1.807) is 6.07 Å². The van der Waals surface area contributed by atoms with Crippen LogP contribution in [0.25, 0.3) is 0 Å². The van der Waals surface area contributed by atoms with Crippen molar-refractivity contribution in [2.45, 2.75) is 6.54 Å². The molecule has 16 heavy (non-hydrogen) atoms. The number of amides is 1. The maximum atomic E-state index is 10.2. The number of benzene rings is 1. The van der Waals surface area contributed by atoms with Crippen molar-refractivity contribution in [3.63, 3.8) is 0 Å². The number of primary amides is 1. The molecule has 1 rings (SSSR count). The van der Waals surface area contributed by atoms with E-state index < -0.39 is 6.09 Å². The van der Waals surface area contributed by atoms with Gasteiger partial charge in [0.25, 0.3) is 0 Å². The number of carbonyl (C=O) groups excluding carboxylic acids is 1. The van der Waals surface area contributed by atoms with Crippen LogP contribution in [0, 0.1) is 0 Å². The molecule has 0 fully saturated rings. The fourth-order valence-electron chi connectivity index (χ4n) is 1.15. The zero-order valence-electron chi connectivity index (χ0n) is 8.64. The number of ether oxygens (including phenoxy) is 1. The highest BCUT2D eigenvalue weighted by Crippen LogP contribution is 2.21. The van der Waals surface area contributed by atoms with Crippen LogP contribution in [0.5, 0.6) is 11.5 Å². The first-order valence-electron chi connectivity index (χ1n) is 4.73. The van der Waals surface area contributed by atoms with E-state index in [2.05, 4.69) is 10.1 Å². The lowest BCUT2D eigenvalue weighted by Crippen LogP contribution is -2.23. The van der Waals surface area contributed by atoms with Crippen molar-refractivity contribution >= 4 is 6.09 Å². The van der Waals surface area contributed by atoms with Crippen molar-refractivity contribution in [3.8, 4) is 11.5 Å². The van der Waals surface area contributed by atoms with Crippen molar-refractivity contribution < 1.29 is 19.7 Å². The summed E-state index contributed by atoms with van der Waals surface area (Å²) in [5, 5.41) is 21.4. The van der Waals surface area contributed by atoms with Gasteiger partial charge in [0.2, 0.25) is 0 Å². The van der Waals surface area contributed by atoms with E-state index in [1.165, 1.54) is 12.1 Å². The predicted octanol–water partition coefficient (Wildman–Crippen LogP) is 0.283. The molecular weight excluding hydrogens is 212 g/mol. The second-order valence-electron chi connectivity index (χ2n) is 3.16. The van der Waals surface area contributed by atoms with Gasteiger partial charge in [-0.05, 0) is 6.07 Å². The van der Waals surface area contributed by atoms with Crippen molar-refractivity contribution in [2.75, 3.05) is 13.2 Å². The van der Waals surface area contributed by atoms with Gasteiger partial charge in [0.15, 0.2) is 0 Å². The number of phenols is 2. The lowest BCUT2D eigenvalue weighted by Gasteiger charge is -2.07. The summed E-state index contributed by atoms with van der Waals surface area (Å²) in [5.74, 6) is 0.0293. The molecule has 1 aromatic rings. The van der Waals surface area contributed by atoms with E-state index in [-0.39, 0.29) is 18.1 Å². The van der Waals surface area contributed by atoms with Crippen LogP contribution in [0.2, 0.25) is 0 Å². The van der Waals surface area contributed by atoms with Crippen LogP contribution in [0.1, 0.15) is 5.56 Å². The molecule has 5 N–H and O–H groups in total. The molecule has 0 aliphatic heterocycles. The summed E-state index contributed by atoms with van der Waals surface area (Å²) in [6.07, 6.45) is -0.811. The Morgan fingerprint density at radius 1 is 1.44 bits per heavy atom. The molecule has 1 amide bonds. The third-order valence-electron chi connectivity index (χ3n) is 1.91. The Labute approximate surface area is 92.6 Å². The molecule has 0 aliphatic carbocycles. The van der Waals surface area contributed by atoms with E-state index in [1.807, 2.05) is 0 Å². The molecule has 0 saturated heterocycles. The van der Waals surface area contributed by atoms with E-state index in [0.717, 1.165) is 0 Å². The molecule has 0 radical (unpaired) electrons. The van der Waals surface area contributed by atoms with Gasteiger partial charge < -0.3 is 26.0 Å². The average Bonchev–Trinajstić information content (AvgIpc) is 2.20. The molecule has 0 aliphatic rings. The first-order chi connectivity index (χ1) is 7.59. The summed E-state index contributed by atoms with van der Waals surface area (Å²) >= 11 is 0. The van der Waals surface area contributed by atoms with Crippen molar-refractivity contribution in [3.05, 3.63) is 23.8 Å². The van der Waals surface area contributed by atoms with Crippen molar-refractivity contribution in [2.24, 2.45) is 5.73 Å². The quantitative estimate of drug-likeness (QED) is 0.540. The van der Waals surface area contributed by atoms with Crippen LogP contribution in [-0.2, 0) is 11.3 Å². The summed E-state index contributed by atoms with van der Waals surface area (Å²) in [6, 6.07) is 4.35. The molecule has 6 heteroatoms. The lowest BCUT2D eigenvalue weighted by molar-refractivity contribution is 0.157. The summed E-state index contributed by atoms with van der Waals surface area (Å²) in [4.78, 5) is 10.2. The number of nitrogens with one attached hydrogen (secondary N) is 1. The normalized spacial score (nSPS) is 10.0. The molecule has 0 saturated carbocycles. The lowest BCUT2D eigenvalue weighted by atomic mass is 10.2. The van der Waals surface area contributed by atoms with Gasteiger partial charge in [-0.1, -0.05) is 6.07 Å². The SMILES string of the molecule is NC(=O)OCCNCc1ccc(O)cc1O. The minimum Gasteiger partial charge on any atom is -0.508 e. The van der Waals surface area contributed by atoms with E-state index in [0.29, 0.717) is 18.7 Å². The highest BCUT2D eigenvalue weighted by molar-refractivity contribution is 5.64. The molecule has 0 unspecified atom stereocenters. The standard InChI is InChI=1S/C10H14N2O4/c11-10(15)16-4-3-12-6-7-1-2-8(13)5-9(7)14/h1-2,5,12-14H,3-4,6H2,(H2,11,15). The maximum Gasteiger partial charge on any atom is 0.404 e. The molecule has 6 nitrogen and oxygen atoms in total. The molecule has 0 heterocycles. The van der Waals surface area contributed by atoms with Crippen molar-refractivity contribution in [1.82, 2.24) is 5.32 Å². The molecule has 0 spiro atoms. The van der Waals surface area contributed by atoms with Gasteiger partial charge in [0, 0.05) is 24.7 Å².